The summed E-state index contributed by atoms with van der Waals surface area (Å²) in [6.07, 6.45) is 8.08. The van der Waals surface area contributed by atoms with E-state index in [0.717, 1.165) is 16.7 Å². The molecular formula is C41H41N5O7S4. The molecule has 6 rings (SSSR count). The zero-order valence-corrected chi connectivity index (χ0v) is 34.5. The van der Waals surface area contributed by atoms with Gasteiger partial charge < -0.3 is 15.1 Å². The van der Waals surface area contributed by atoms with Crippen LogP contribution in [0.1, 0.15) is 43.2 Å². The van der Waals surface area contributed by atoms with Crippen molar-refractivity contribution in [3.63, 3.8) is 0 Å². The number of aryl methyl sites for hydroxylation is 2. The SMILES string of the molecule is Cc1ccc(S(=O)(=O)CCSc2ncccc2C(=O)NCc2cccnc2)cc1.Cc1ccc(S(=O)(=O)CCSc2ncccc2C(=O)NCc2ccco2)cc1. The van der Waals surface area contributed by atoms with Gasteiger partial charge >= 0.3 is 0 Å². The fourth-order valence-corrected chi connectivity index (χ4v) is 10.3. The van der Waals surface area contributed by atoms with Crippen LogP contribution in [-0.4, -0.2) is 66.6 Å². The Labute approximate surface area is 341 Å². The first kappa shape index (κ1) is 42.8. The lowest BCUT2D eigenvalue weighted by Crippen LogP contribution is -2.23. The van der Waals surface area contributed by atoms with Crippen LogP contribution < -0.4 is 10.6 Å². The van der Waals surface area contributed by atoms with Crippen LogP contribution in [-0.2, 0) is 32.8 Å². The van der Waals surface area contributed by atoms with Crippen LogP contribution in [0.15, 0.2) is 152 Å². The first-order valence-corrected chi connectivity index (χ1v) is 22.9. The topological polar surface area (TPSA) is 178 Å². The van der Waals surface area contributed by atoms with Gasteiger partial charge in [-0.15, -0.1) is 23.5 Å². The van der Waals surface area contributed by atoms with Crippen LogP contribution in [0.25, 0.3) is 0 Å². The molecule has 12 nitrogen and oxygen atoms in total. The number of aromatic nitrogens is 3. The fraction of sp³-hybridized carbons (Fsp3) is 0.195. The van der Waals surface area contributed by atoms with Crippen molar-refractivity contribution in [2.75, 3.05) is 23.0 Å². The van der Waals surface area contributed by atoms with E-state index in [1.54, 1.807) is 122 Å². The molecule has 4 heterocycles. The van der Waals surface area contributed by atoms with Gasteiger partial charge in [0.15, 0.2) is 19.7 Å². The monoisotopic (exact) mass is 843 g/mol. The molecule has 0 aliphatic rings. The number of hydrogen-bond acceptors (Lipinski definition) is 12. The Hall–Kier alpha value is -5.29. The second-order valence-corrected chi connectivity index (χ2v) is 18.9. The van der Waals surface area contributed by atoms with Crippen molar-refractivity contribution in [3.8, 4) is 0 Å². The zero-order chi connectivity index (χ0) is 40.7. The largest absolute Gasteiger partial charge is 0.467 e. The quantitative estimate of drug-likeness (QED) is 0.0981. The maximum absolute atomic E-state index is 12.5. The van der Waals surface area contributed by atoms with E-state index in [2.05, 4.69) is 25.6 Å². The van der Waals surface area contributed by atoms with Crippen LogP contribution in [0.4, 0.5) is 0 Å². The van der Waals surface area contributed by atoms with Crippen LogP contribution in [0, 0.1) is 13.8 Å². The van der Waals surface area contributed by atoms with Crippen molar-refractivity contribution >= 4 is 55.0 Å². The Kier molecular flexibility index (Phi) is 15.6. The number of furan rings is 1. The lowest BCUT2D eigenvalue weighted by Gasteiger charge is -2.09. The minimum atomic E-state index is -3.38. The van der Waals surface area contributed by atoms with E-state index in [-0.39, 0.29) is 29.9 Å². The Morgan fingerprint density at radius 1 is 0.614 bits per heavy atom. The summed E-state index contributed by atoms with van der Waals surface area (Å²) >= 11 is 2.51. The van der Waals surface area contributed by atoms with E-state index in [1.807, 2.05) is 19.9 Å². The van der Waals surface area contributed by atoms with Gasteiger partial charge in [0.25, 0.3) is 11.8 Å². The number of nitrogens with zero attached hydrogens (tertiary/aromatic N) is 3. The molecule has 2 amide bonds. The molecule has 0 radical (unpaired) electrons. The van der Waals surface area contributed by atoms with Crippen LogP contribution in [0.3, 0.4) is 0 Å². The first-order chi connectivity index (χ1) is 27.4. The third-order valence-corrected chi connectivity index (χ3v) is 14.1. The number of benzene rings is 2. The normalized spacial score (nSPS) is 11.3. The molecule has 0 spiro atoms. The number of thioether (sulfide) groups is 2. The second kappa shape index (κ2) is 20.8. The third kappa shape index (κ3) is 13.1. The third-order valence-electron chi connectivity index (χ3n) is 8.15. The molecule has 0 unspecified atom stereocenters. The number of pyridine rings is 3. The maximum Gasteiger partial charge on any atom is 0.254 e. The Morgan fingerprint density at radius 2 is 1.11 bits per heavy atom. The maximum atomic E-state index is 12.5. The molecule has 0 aliphatic carbocycles. The summed E-state index contributed by atoms with van der Waals surface area (Å²) in [7, 11) is -6.76. The molecule has 0 atom stereocenters. The highest BCUT2D eigenvalue weighted by Crippen LogP contribution is 2.24. The number of nitrogens with one attached hydrogen (secondary N) is 2. The number of carbonyl (C=O) groups excluding carboxylic acids is 2. The lowest BCUT2D eigenvalue weighted by molar-refractivity contribution is 0.0937. The first-order valence-electron chi connectivity index (χ1n) is 17.6. The number of carbonyl (C=O) groups is 2. The summed E-state index contributed by atoms with van der Waals surface area (Å²) in [5.41, 5.74) is 3.74. The number of hydrogen-bond donors (Lipinski definition) is 2. The molecule has 2 N–H and O–H groups in total. The fourth-order valence-electron chi connectivity index (χ4n) is 5.04. The van der Waals surface area contributed by atoms with Crippen molar-refractivity contribution in [2.45, 2.75) is 46.8 Å². The summed E-state index contributed by atoms with van der Waals surface area (Å²) in [6, 6.07) is 27.5. The smallest absolute Gasteiger partial charge is 0.254 e. The van der Waals surface area contributed by atoms with Gasteiger partial charge in [-0.25, -0.2) is 26.8 Å². The molecule has 0 aliphatic heterocycles. The predicted octanol–water partition coefficient (Wildman–Crippen LogP) is 6.76. The molecule has 57 heavy (non-hydrogen) atoms. The number of sulfone groups is 2. The van der Waals surface area contributed by atoms with Gasteiger partial charge in [0.1, 0.15) is 15.8 Å². The standard InChI is InChI=1S/C21H21N3O3S2.C20H20N2O4S2/c1-16-6-8-18(9-7-16)29(26,27)13-12-28-21-19(5-3-11-23-21)20(25)24-15-17-4-2-10-22-14-17;1-15-6-8-17(9-7-15)28(24,25)13-12-27-20-18(5-2-10-21-20)19(23)22-14-16-4-3-11-26-16/h2-11,14H,12-13,15H2,1H3,(H,24,25);2-11H,12-14H2,1H3,(H,22,23). The molecule has 0 saturated carbocycles. The number of amides is 2. The highest BCUT2D eigenvalue weighted by atomic mass is 32.2. The van der Waals surface area contributed by atoms with E-state index in [9.17, 15) is 26.4 Å². The van der Waals surface area contributed by atoms with Gasteiger partial charge in [0.05, 0.1) is 45.2 Å². The van der Waals surface area contributed by atoms with Crippen molar-refractivity contribution in [3.05, 3.63) is 162 Å². The summed E-state index contributed by atoms with van der Waals surface area (Å²) in [5.74, 6) is 0.635. The zero-order valence-electron chi connectivity index (χ0n) is 31.2. The Balaban J connectivity index is 0.000000218. The highest BCUT2D eigenvalue weighted by molar-refractivity contribution is 8.01. The molecule has 2 aromatic carbocycles. The van der Waals surface area contributed by atoms with Crippen LogP contribution in [0.5, 0.6) is 0 Å². The minimum Gasteiger partial charge on any atom is -0.467 e. The summed E-state index contributed by atoms with van der Waals surface area (Å²) < 4.78 is 55.1. The van der Waals surface area contributed by atoms with Gasteiger partial charge in [-0.1, -0.05) is 41.5 Å². The average molecular weight is 844 g/mol. The lowest BCUT2D eigenvalue weighted by atomic mass is 10.2. The second-order valence-electron chi connectivity index (χ2n) is 12.5. The highest BCUT2D eigenvalue weighted by Gasteiger charge is 2.19. The Bertz CT molecular complexity index is 2450. The van der Waals surface area contributed by atoms with Crippen LogP contribution >= 0.6 is 23.5 Å². The summed E-state index contributed by atoms with van der Waals surface area (Å²) in [4.78, 5) is 38.1. The predicted molar refractivity (Wildman–Crippen MR) is 222 cm³/mol. The van der Waals surface area contributed by atoms with Crippen LogP contribution in [0.2, 0.25) is 0 Å². The molecule has 296 valence electrons. The van der Waals surface area contributed by atoms with Crippen molar-refractivity contribution in [1.29, 1.82) is 0 Å². The van der Waals surface area contributed by atoms with E-state index in [0.29, 0.717) is 54.8 Å². The van der Waals surface area contributed by atoms with Gasteiger partial charge in [0, 0.05) is 42.8 Å². The minimum absolute atomic E-state index is 0.0337. The molecule has 0 bridgehead atoms. The Morgan fingerprint density at radius 3 is 1.56 bits per heavy atom. The number of rotatable bonds is 16. The molecule has 4 aromatic heterocycles. The van der Waals surface area contributed by atoms with E-state index in [4.69, 9.17) is 4.42 Å². The van der Waals surface area contributed by atoms with E-state index >= 15 is 0 Å². The molecule has 0 saturated heterocycles. The van der Waals surface area contributed by atoms with Gasteiger partial charge in [-0.05, 0) is 86.1 Å². The summed E-state index contributed by atoms with van der Waals surface area (Å²) in [5, 5.41) is 6.63. The summed E-state index contributed by atoms with van der Waals surface area (Å²) in [6.45, 7) is 4.44. The van der Waals surface area contributed by atoms with E-state index < -0.39 is 19.7 Å². The molecule has 16 heteroatoms. The van der Waals surface area contributed by atoms with Gasteiger partial charge in [-0.3, -0.25) is 14.6 Å². The van der Waals surface area contributed by atoms with E-state index in [1.165, 1.54) is 23.5 Å². The molecule has 0 fully saturated rings. The van der Waals surface area contributed by atoms with Gasteiger partial charge in [0.2, 0.25) is 0 Å². The average Bonchev–Trinajstić information content (AvgIpc) is 3.74. The van der Waals surface area contributed by atoms with Crippen molar-refractivity contribution in [2.24, 2.45) is 0 Å². The van der Waals surface area contributed by atoms with Gasteiger partial charge in [-0.2, -0.15) is 0 Å². The molecular weight excluding hydrogens is 803 g/mol. The van der Waals surface area contributed by atoms with Crippen molar-refractivity contribution < 1.29 is 30.8 Å². The van der Waals surface area contributed by atoms with Crippen molar-refractivity contribution in [1.82, 2.24) is 25.6 Å². The molecule has 6 aromatic rings.